The largest absolute Gasteiger partial charge is 0.496 e. The molecule has 0 unspecified atom stereocenters. The summed E-state index contributed by atoms with van der Waals surface area (Å²) >= 11 is 1.87. The number of benzene rings is 4. The summed E-state index contributed by atoms with van der Waals surface area (Å²) in [5.74, 6) is -1.58. The maximum absolute atomic E-state index is 13.9. The second-order valence-corrected chi connectivity index (χ2v) is 16.7. The van der Waals surface area contributed by atoms with Crippen molar-refractivity contribution in [3.8, 4) is 50.1 Å². The molecule has 330 valence electrons. The normalized spacial score (nSPS) is 10.5. The Hall–Kier alpha value is -7.04. The summed E-state index contributed by atoms with van der Waals surface area (Å²) in [5.41, 5.74) is 9.95. The molecule has 9 aromatic rings. The highest BCUT2D eigenvalue weighted by molar-refractivity contribution is 7.22. The highest BCUT2D eigenvalue weighted by Crippen LogP contribution is 2.36. The molecule has 0 saturated carbocycles. The third-order valence-corrected chi connectivity index (χ3v) is 12.4. The molecule has 4 aromatic carbocycles. The second-order valence-electron chi connectivity index (χ2n) is 15.7. The first-order valence-corrected chi connectivity index (χ1v) is 21.8. The number of hydrogen-bond acceptors (Lipinski definition) is 2. The van der Waals surface area contributed by atoms with Gasteiger partial charge < -0.3 is 4.74 Å². The first-order chi connectivity index (χ1) is 31.2. The van der Waals surface area contributed by atoms with E-state index in [9.17, 15) is 17.6 Å². The van der Waals surface area contributed by atoms with Crippen molar-refractivity contribution < 1.29 is 40.6 Å². The van der Waals surface area contributed by atoms with E-state index < -0.39 is 23.3 Å². The van der Waals surface area contributed by atoms with E-state index in [2.05, 4.69) is 128 Å². The van der Waals surface area contributed by atoms with Crippen molar-refractivity contribution in [3.05, 3.63) is 210 Å². The SMILES string of the molecule is COc1cc[n+](C)c(-c2c(C)cc(F)cc2F)c1.Cc1c(-c2cccc[n+]2C)sc2ccccc12.Cc1c(F)cc(F)cc1-c1cccc[n+]1C.Cc1ccccc1-c1cccc[n+]1C. The van der Waals surface area contributed by atoms with Crippen LogP contribution in [-0.2, 0) is 28.2 Å². The molecule has 0 atom stereocenters. The van der Waals surface area contributed by atoms with Gasteiger partial charge in [0, 0.05) is 64.9 Å². The van der Waals surface area contributed by atoms with Crippen LogP contribution in [0.1, 0.15) is 22.3 Å². The van der Waals surface area contributed by atoms with Gasteiger partial charge in [-0.1, -0.05) is 36.4 Å². The van der Waals surface area contributed by atoms with Crippen LogP contribution in [-0.4, -0.2) is 7.11 Å². The highest BCUT2D eigenvalue weighted by atomic mass is 32.1. The average Bonchev–Trinajstić information content (AvgIpc) is 3.62. The van der Waals surface area contributed by atoms with Gasteiger partial charge in [0.1, 0.15) is 62.1 Å². The van der Waals surface area contributed by atoms with Crippen LogP contribution in [0.5, 0.6) is 5.75 Å². The summed E-state index contributed by atoms with van der Waals surface area (Å²) in [6, 6.07) is 43.2. The minimum atomic E-state index is -0.573. The van der Waals surface area contributed by atoms with Crippen molar-refractivity contribution in [1.29, 1.82) is 0 Å². The van der Waals surface area contributed by atoms with Crippen molar-refractivity contribution in [2.45, 2.75) is 27.7 Å². The van der Waals surface area contributed by atoms with Crippen LogP contribution >= 0.6 is 11.3 Å². The van der Waals surface area contributed by atoms with Crippen molar-refractivity contribution in [2.75, 3.05) is 7.11 Å². The van der Waals surface area contributed by atoms with E-state index in [-0.39, 0.29) is 0 Å². The van der Waals surface area contributed by atoms with Gasteiger partial charge in [-0.2, -0.15) is 0 Å². The molecule has 0 bridgehead atoms. The van der Waals surface area contributed by atoms with E-state index in [1.54, 1.807) is 50.9 Å². The molecule has 0 radical (unpaired) electrons. The third kappa shape index (κ3) is 11.4. The molecule has 0 saturated heterocycles. The van der Waals surface area contributed by atoms with Crippen molar-refractivity contribution in [3.63, 3.8) is 0 Å². The Morgan fingerprint density at radius 3 is 1.55 bits per heavy atom. The minimum Gasteiger partial charge on any atom is -0.496 e. The minimum absolute atomic E-state index is 0.387. The lowest BCUT2D eigenvalue weighted by Crippen LogP contribution is -2.30. The Morgan fingerprint density at radius 1 is 0.446 bits per heavy atom. The number of methoxy groups -OCH3 is 1. The Labute approximate surface area is 383 Å². The number of halogens is 4. The van der Waals surface area contributed by atoms with E-state index in [0.717, 1.165) is 17.8 Å². The van der Waals surface area contributed by atoms with E-state index in [4.69, 9.17) is 4.74 Å². The molecule has 0 N–H and O–H groups in total. The number of pyridine rings is 4. The third-order valence-electron chi connectivity index (χ3n) is 11.1. The Morgan fingerprint density at radius 2 is 0.969 bits per heavy atom. The number of thiophene rings is 1. The molecule has 0 aliphatic heterocycles. The molecule has 9 rings (SSSR count). The lowest BCUT2D eigenvalue weighted by Gasteiger charge is -2.07. The highest BCUT2D eigenvalue weighted by Gasteiger charge is 2.20. The van der Waals surface area contributed by atoms with Gasteiger partial charge in [-0.15, -0.1) is 11.3 Å². The predicted octanol–water partition coefficient (Wildman–Crippen LogP) is 11.7. The second kappa shape index (κ2) is 21.6. The van der Waals surface area contributed by atoms with Crippen LogP contribution in [0, 0.1) is 51.0 Å². The van der Waals surface area contributed by atoms with Gasteiger partial charge in [0.15, 0.2) is 24.8 Å². The summed E-state index contributed by atoms with van der Waals surface area (Å²) in [5, 5.41) is 1.37. The zero-order valence-corrected chi connectivity index (χ0v) is 39.0. The summed E-state index contributed by atoms with van der Waals surface area (Å²) in [6.07, 6.45) is 7.79. The molecule has 10 heteroatoms. The van der Waals surface area contributed by atoms with Crippen LogP contribution in [0.2, 0.25) is 0 Å². The smallest absolute Gasteiger partial charge is 0.222 e. The quantitative estimate of drug-likeness (QED) is 0.125. The Kier molecular flexibility index (Phi) is 15.7. The zero-order chi connectivity index (χ0) is 46.8. The molecule has 0 aliphatic carbocycles. The lowest BCUT2D eigenvalue weighted by atomic mass is 10.0. The lowest BCUT2D eigenvalue weighted by molar-refractivity contribution is -0.660. The number of fused-ring (bicyclic) bond motifs is 1. The first-order valence-electron chi connectivity index (χ1n) is 21.0. The predicted molar refractivity (Wildman–Crippen MR) is 253 cm³/mol. The fourth-order valence-electron chi connectivity index (χ4n) is 7.51. The molecule has 5 nitrogen and oxygen atoms in total. The number of rotatable bonds is 5. The van der Waals surface area contributed by atoms with E-state index in [1.807, 2.05) is 53.4 Å². The maximum atomic E-state index is 13.9. The molecular weight excluding hydrogens is 841 g/mol. The summed E-state index contributed by atoms with van der Waals surface area (Å²) in [7, 11) is 9.36. The Balaban J connectivity index is 0.000000144. The molecule has 5 aromatic heterocycles. The molecule has 65 heavy (non-hydrogen) atoms. The van der Waals surface area contributed by atoms with Gasteiger partial charge >= 0.3 is 0 Å². The average molecular weight is 895 g/mol. The van der Waals surface area contributed by atoms with Crippen LogP contribution in [0.15, 0.2) is 164 Å². The molecule has 0 spiro atoms. The van der Waals surface area contributed by atoms with E-state index in [0.29, 0.717) is 33.7 Å². The number of aryl methyl sites for hydroxylation is 7. The molecule has 0 fully saturated rings. The monoisotopic (exact) mass is 894 g/mol. The number of hydrogen-bond donors (Lipinski definition) is 0. The fraction of sp³-hybridized carbons (Fsp3) is 0.164. The molecule has 0 aliphatic rings. The molecule has 0 amide bonds. The van der Waals surface area contributed by atoms with Crippen LogP contribution < -0.4 is 23.0 Å². The number of aromatic nitrogens is 4. The van der Waals surface area contributed by atoms with Crippen LogP contribution in [0.25, 0.3) is 54.4 Å². The molecule has 5 heterocycles. The Bertz CT molecular complexity index is 3030. The van der Waals surface area contributed by atoms with Crippen molar-refractivity contribution >= 4 is 21.4 Å². The van der Waals surface area contributed by atoms with E-state index in [1.165, 1.54) is 55.2 Å². The summed E-state index contributed by atoms with van der Waals surface area (Å²) < 4.78 is 68.0. The van der Waals surface area contributed by atoms with Gasteiger partial charge in [0.05, 0.1) is 24.3 Å². The zero-order valence-electron chi connectivity index (χ0n) is 38.2. The summed E-state index contributed by atoms with van der Waals surface area (Å²) in [6.45, 7) is 7.68. The van der Waals surface area contributed by atoms with Gasteiger partial charge in [-0.3, -0.25) is 0 Å². The first kappa shape index (κ1) is 47.4. The van der Waals surface area contributed by atoms with Crippen LogP contribution in [0.3, 0.4) is 0 Å². The number of nitrogens with zero attached hydrogens (tertiary/aromatic N) is 4. The fourth-order valence-corrected chi connectivity index (χ4v) is 8.79. The standard InChI is InChI=1S/C15H14NS.C14H14F2NO.C13H12F2N.C13H14N/c1-11-12-7-3-4-9-14(12)17-15(11)13-8-5-6-10-16(13)2;1-9-6-10(15)7-12(16)14(9)13-8-11(18-3)4-5-17(13)2;1-9-11(7-10(14)8-12(9)15)13-5-3-4-6-16(13)2;1-11-7-3-4-8-12(11)13-9-5-6-10-14(13)2/h3-10H,1-2H3;4-8H,1-3H3;3-8H,1-2H3;3-10H,1-2H3/q4*+1. The van der Waals surface area contributed by atoms with Crippen molar-refractivity contribution in [2.24, 2.45) is 28.2 Å². The number of ether oxygens (including phenoxy) is 1. The molecular formula is C55H54F4N4OS+4. The summed E-state index contributed by atoms with van der Waals surface area (Å²) in [4.78, 5) is 1.37. The van der Waals surface area contributed by atoms with Crippen LogP contribution in [0.4, 0.5) is 17.6 Å². The van der Waals surface area contributed by atoms with Crippen molar-refractivity contribution in [1.82, 2.24) is 0 Å². The van der Waals surface area contributed by atoms with Gasteiger partial charge in [0.2, 0.25) is 22.8 Å². The maximum Gasteiger partial charge on any atom is 0.222 e. The van der Waals surface area contributed by atoms with Gasteiger partial charge in [-0.25, -0.2) is 35.8 Å². The van der Waals surface area contributed by atoms with E-state index >= 15 is 0 Å². The topological polar surface area (TPSA) is 24.7 Å². The van der Waals surface area contributed by atoms with Gasteiger partial charge in [-0.05, 0) is 97.8 Å². The van der Waals surface area contributed by atoms with Gasteiger partial charge in [0.25, 0.3) is 0 Å².